The standard InChI is InChI=1S/C24H33N3O7S/c1-7-27(22(31)17(14-35)26-23(32)34-24(4,5)6)19(16-11-9-10-15(3)20(16)29)21(30)25-13-12-18(28)33-8-2/h1,9-11,17,19,29,35H,8,12-14H2,2-6H3,(H,25,30)(H,26,32). The third-order valence-electron chi connectivity index (χ3n) is 4.55. The molecule has 0 radical (unpaired) electrons. The van der Waals surface area contributed by atoms with Crippen molar-refractivity contribution in [1.82, 2.24) is 15.5 Å². The Balaban J connectivity index is 3.27. The highest BCUT2D eigenvalue weighted by Gasteiger charge is 2.37. The van der Waals surface area contributed by atoms with Crippen LogP contribution in [0.2, 0.25) is 0 Å². The molecule has 1 rings (SSSR count). The van der Waals surface area contributed by atoms with Crippen LogP contribution >= 0.6 is 12.6 Å². The summed E-state index contributed by atoms with van der Waals surface area (Å²) in [6.07, 6.45) is 4.66. The number of carbonyl (C=O) groups excluding carboxylic acids is 4. The Bertz CT molecular complexity index is 969. The van der Waals surface area contributed by atoms with Crippen molar-refractivity contribution in [3.8, 4) is 18.2 Å². The minimum atomic E-state index is -1.46. The van der Waals surface area contributed by atoms with E-state index in [0.717, 1.165) is 4.90 Å². The van der Waals surface area contributed by atoms with Crippen LogP contribution in [0.15, 0.2) is 18.2 Å². The van der Waals surface area contributed by atoms with Crippen LogP contribution in [0.3, 0.4) is 0 Å². The van der Waals surface area contributed by atoms with Crippen molar-refractivity contribution >= 4 is 36.5 Å². The van der Waals surface area contributed by atoms with E-state index in [0.29, 0.717) is 5.56 Å². The van der Waals surface area contributed by atoms with E-state index in [-0.39, 0.29) is 36.6 Å². The van der Waals surface area contributed by atoms with E-state index >= 15 is 0 Å². The molecule has 0 aliphatic rings. The first-order valence-corrected chi connectivity index (χ1v) is 11.6. The zero-order chi connectivity index (χ0) is 26.8. The predicted molar refractivity (Wildman–Crippen MR) is 133 cm³/mol. The van der Waals surface area contributed by atoms with Crippen molar-refractivity contribution in [1.29, 1.82) is 0 Å². The lowest BCUT2D eigenvalue weighted by atomic mass is 10.00. The number of hydrogen-bond acceptors (Lipinski definition) is 8. The van der Waals surface area contributed by atoms with Gasteiger partial charge >= 0.3 is 12.1 Å². The molecule has 0 saturated carbocycles. The molecule has 0 spiro atoms. The summed E-state index contributed by atoms with van der Waals surface area (Å²) in [6, 6.07) is 4.15. The van der Waals surface area contributed by atoms with Crippen molar-refractivity contribution in [2.45, 2.75) is 58.7 Å². The van der Waals surface area contributed by atoms with Crippen LogP contribution in [0.4, 0.5) is 4.79 Å². The third-order valence-corrected chi connectivity index (χ3v) is 4.92. The summed E-state index contributed by atoms with van der Waals surface area (Å²) in [5.41, 5.74) is -0.289. The van der Waals surface area contributed by atoms with Crippen LogP contribution < -0.4 is 10.6 Å². The number of hydrogen-bond donors (Lipinski definition) is 4. The second kappa shape index (κ2) is 13.5. The van der Waals surface area contributed by atoms with Gasteiger partial charge in [0.2, 0.25) is 5.91 Å². The highest BCUT2D eigenvalue weighted by atomic mass is 32.1. The van der Waals surface area contributed by atoms with Crippen molar-refractivity contribution in [3.05, 3.63) is 29.3 Å². The Hall–Kier alpha value is -3.39. The smallest absolute Gasteiger partial charge is 0.408 e. The summed E-state index contributed by atoms with van der Waals surface area (Å²) in [6.45, 7) is 8.38. The number of ether oxygens (including phenoxy) is 2. The lowest BCUT2D eigenvalue weighted by molar-refractivity contribution is -0.143. The number of aryl methyl sites for hydroxylation is 1. The lowest BCUT2D eigenvalue weighted by Crippen LogP contribution is -2.52. The van der Waals surface area contributed by atoms with E-state index < -0.39 is 41.6 Å². The number of para-hydroxylation sites is 1. The highest BCUT2D eigenvalue weighted by molar-refractivity contribution is 7.80. The molecule has 3 N–H and O–H groups in total. The summed E-state index contributed by atoms with van der Waals surface area (Å²) < 4.78 is 10.0. The maximum atomic E-state index is 13.3. The Morgan fingerprint density at radius 1 is 1.26 bits per heavy atom. The molecule has 0 aromatic heterocycles. The molecule has 0 bridgehead atoms. The lowest BCUT2D eigenvalue weighted by Gasteiger charge is -2.30. The number of phenolic OH excluding ortho intramolecular Hbond substituents is 1. The molecule has 11 heteroatoms. The number of amides is 3. The molecule has 2 atom stereocenters. The summed E-state index contributed by atoms with van der Waals surface area (Å²) in [4.78, 5) is 51.1. The van der Waals surface area contributed by atoms with Gasteiger partial charge in [0, 0.05) is 23.9 Å². The SMILES string of the molecule is C#CN(C(=O)C(CS)NC(=O)OC(C)(C)C)C(C(=O)NCCC(=O)OCC)c1cccc(C)c1O. The van der Waals surface area contributed by atoms with Gasteiger partial charge in [-0.2, -0.15) is 12.6 Å². The molecule has 192 valence electrons. The zero-order valence-electron chi connectivity index (χ0n) is 20.6. The van der Waals surface area contributed by atoms with Crippen molar-refractivity contribution in [3.63, 3.8) is 0 Å². The first kappa shape index (κ1) is 29.6. The van der Waals surface area contributed by atoms with Crippen molar-refractivity contribution < 1.29 is 33.8 Å². The van der Waals surface area contributed by atoms with Crippen LogP contribution in [0.1, 0.15) is 51.3 Å². The van der Waals surface area contributed by atoms with Crippen LogP contribution in [-0.2, 0) is 23.9 Å². The number of phenols is 1. The van der Waals surface area contributed by atoms with Crippen LogP contribution in [0, 0.1) is 19.4 Å². The number of esters is 1. The number of nitrogens with one attached hydrogen (secondary N) is 2. The number of thiol groups is 1. The van der Waals surface area contributed by atoms with E-state index in [1.165, 1.54) is 6.07 Å². The molecule has 2 unspecified atom stereocenters. The normalized spacial score (nSPS) is 12.5. The van der Waals surface area contributed by atoms with E-state index in [4.69, 9.17) is 15.9 Å². The number of carbonyl (C=O) groups is 4. The van der Waals surface area contributed by atoms with Crippen LogP contribution in [0.25, 0.3) is 0 Å². The number of alkyl carbamates (subject to hydrolysis) is 1. The molecule has 0 fully saturated rings. The minimum absolute atomic E-state index is 0.0696. The molecule has 10 nitrogen and oxygen atoms in total. The maximum Gasteiger partial charge on any atom is 0.408 e. The fraction of sp³-hybridized carbons (Fsp3) is 0.500. The van der Waals surface area contributed by atoms with E-state index in [1.807, 2.05) is 0 Å². The maximum absolute atomic E-state index is 13.3. The first-order valence-electron chi connectivity index (χ1n) is 11.0. The Labute approximate surface area is 211 Å². The van der Waals surface area contributed by atoms with Crippen LogP contribution in [-0.4, -0.2) is 64.4 Å². The number of rotatable bonds is 10. The molecule has 0 aliphatic heterocycles. The Morgan fingerprint density at radius 2 is 1.91 bits per heavy atom. The van der Waals surface area contributed by atoms with E-state index in [1.54, 1.807) is 46.8 Å². The summed E-state index contributed by atoms with van der Waals surface area (Å²) >= 11 is 4.13. The largest absolute Gasteiger partial charge is 0.507 e. The molecule has 0 heterocycles. The minimum Gasteiger partial charge on any atom is -0.507 e. The van der Waals surface area contributed by atoms with Crippen molar-refractivity contribution in [2.75, 3.05) is 18.9 Å². The van der Waals surface area contributed by atoms with Gasteiger partial charge < -0.3 is 25.2 Å². The number of benzene rings is 1. The fourth-order valence-corrected chi connectivity index (χ4v) is 3.23. The quantitative estimate of drug-likeness (QED) is 0.165. The Morgan fingerprint density at radius 3 is 2.46 bits per heavy atom. The summed E-state index contributed by atoms with van der Waals surface area (Å²) in [5, 5.41) is 15.6. The highest BCUT2D eigenvalue weighted by Crippen LogP contribution is 2.32. The van der Waals surface area contributed by atoms with Crippen molar-refractivity contribution in [2.24, 2.45) is 0 Å². The summed E-state index contributed by atoms with van der Waals surface area (Å²) in [7, 11) is 0. The van der Waals surface area contributed by atoms with Gasteiger partial charge in [-0.15, -0.1) is 0 Å². The number of terminal acetylenes is 1. The van der Waals surface area contributed by atoms with Gasteiger partial charge in [0.1, 0.15) is 17.4 Å². The molecule has 1 aromatic carbocycles. The van der Waals surface area contributed by atoms with Gasteiger partial charge in [0.25, 0.3) is 5.91 Å². The van der Waals surface area contributed by atoms with Gasteiger partial charge in [-0.3, -0.25) is 19.3 Å². The second-order valence-corrected chi connectivity index (χ2v) is 8.85. The fourth-order valence-electron chi connectivity index (χ4n) is 2.99. The van der Waals surface area contributed by atoms with Gasteiger partial charge in [0.05, 0.1) is 13.0 Å². The number of aromatic hydroxyl groups is 1. The topological polar surface area (TPSA) is 134 Å². The molecular formula is C24H33N3O7S. The van der Waals surface area contributed by atoms with E-state index in [9.17, 15) is 24.3 Å². The van der Waals surface area contributed by atoms with Gasteiger partial charge in [-0.05, 0) is 40.2 Å². The van der Waals surface area contributed by atoms with Gasteiger partial charge in [-0.25, -0.2) is 4.79 Å². The molecule has 1 aromatic rings. The van der Waals surface area contributed by atoms with Gasteiger partial charge in [-0.1, -0.05) is 24.6 Å². The molecule has 35 heavy (non-hydrogen) atoms. The predicted octanol–water partition coefficient (Wildman–Crippen LogP) is 2.05. The molecule has 0 saturated heterocycles. The molecule has 0 aliphatic carbocycles. The Kier molecular flexibility index (Phi) is 11.4. The monoisotopic (exact) mass is 507 g/mol. The van der Waals surface area contributed by atoms with Crippen LogP contribution in [0.5, 0.6) is 5.75 Å². The third kappa shape index (κ3) is 9.05. The second-order valence-electron chi connectivity index (χ2n) is 8.48. The summed E-state index contributed by atoms with van der Waals surface area (Å²) in [5.74, 6) is -2.44. The molecule has 3 amide bonds. The van der Waals surface area contributed by atoms with Gasteiger partial charge in [0.15, 0.2) is 6.04 Å². The number of nitrogens with zero attached hydrogens (tertiary/aromatic N) is 1. The average Bonchev–Trinajstić information content (AvgIpc) is 2.76. The zero-order valence-corrected chi connectivity index (χ0v) is 21.5. The van der Waals surface area contributed by atoms with E-state index in [2.05, 4.69) is 29.3 Å². The average molecular weight is 508 g/mol. The first-order chi connectivity index (χ1) is 16.4. The molecular weight excluding hydrogens is 474 g/mol.